The first kappa shape index (κ1) is 16.5. The zero-order valence-corrected chi connectivity index (χ0v) is 15.5. The van der Waals surface area contributed by atoms with Gasteiger partial charge in [-0.1, -0.05) is 72.8 Å². The summed E-state index contributed by atoms with van der Waals surface area (Å²) in [4.78, 5) is 13.0. The van der Waals surface area contributed by atoms with Gasteiger partial charge in [0.25, 0.3) is 0 Å². The van der Waals surface area contributed by atoms with Crippen LogP contribution in [0.1, 0.15) is 15.9 Å². The van der Waals surface area contributed by atoms with Crippen LogP contribution in [-0.2, 0) is 0 Å². The lowest BCUT2D eigenvalue weighted by Crippen LogP contribution is -2.09. The molecular formula is C26H18O2. The van der Waals surface area contributed by atoms with Gasteiger partial charge in [0.15, 0.2) is 0 Å². The first-order valence-electron chi connectivity index (χ1n) is 9.33. The zero-order chi connectivity index (χ0) is 19.1. The van der Waals surface area contributed by atoms with E-state index < -0.39 is 0 Å². The van der Waals surface area contributed by atoms with Crippen LogP contribution in [0.5, 0.6) is 5.75 Å². The second kappa shape index (κ2) is 6.50. The summed E-state index contributed by atoms with van der Waals surface area (Å²) in [5.74, 6) is 0.288. The molecule has 0 saturated heterocycles. The molecule has 0 heterocycles. The first-order chi connectivity index (χ1) is 13.7. The summed E-state index contributed by atoms with van der Waals surface area (Å²) < 4.78 is 6.02. The van der Waals surface area contributed by atoms with Gasteiger partial charge in [0.2, 0.25) is 0 Å². The lowest BCUT2D eigenvalue weighted by Gasteiger charge is -2.14. The molecule has 134 valence electrons. The van der Waals surface area contributed by atoms with Gasteiger partial charge in [0.05, 0.1) is 5.56 Å². The predicted molar refractivity (Wildman–Crippen MR) is 115 cm³/mol. The molecule has 0 bridgehead atoms. The van der Waals surface area contributed by atoms with Crippen LogP contribution >= 0.6 is 0 Å². The summed E-state index contributed by atoms with van der Waals surface area (Å²) in [7, 11) is 0. The van der Waals surface area contributed by atoms with Crippen LogP contribution in [0.3, 0.4) is 0 Å². The second-order valence-electron chi connectivity index (χ2n) is 7.05. The number of ether oxygens (including phenoxy) is 1. The SMILES string of the molecule is Cc1cccc2cc3ccccc3c(OC(=O)c3ccc4ccccc4c3)c12. The maximum atomic E-state index is 13.0. The van der Waals surface area contributed by atoms with E-state index in [-0.39, 0.29) is 5.97 Å². The number of hydrogen-bond donors (Lipinski definition) is 0. The number of aryl methyl sites for hydroxylation is 1. The van der Waals surface area contributed by atoms with E-state index in [1.807, 2.05) is 85.8 Å². The molecule has 0 N–H and O–H groups in total. The van der Waals surface area contributed by atoms with Crippen LogP contribution in [0.4, 0.5) is 0 Å². The number of hydrogen-bond acceptors (Lipinski definition) is 2. The molecule has 5 aromatic carbocycles. The van der Waals surface area contributed by atoms with Crippen molar-refractivity contribution in [3.05, 3.63) is 102 Å². The Morgan fingerprint density at radius 1 is 0.679 bits per heavy atom. The van der Waals surface area contributed by atoms with Crippen molar-refractivity contribution in [1.82, 2.24) is 0 Å². The Kier molecular flexibility index (Phi) is 3.84. The van der Waals surface area contributed by atoms with Crippen molar-refractivity contribution in [1.29, 1.82) is 0 Å². The number of carbonyl (C=O) groups excluding carboxylic acids is 1. The van der Waals surface area contributed by atoms with Crippen molar-refractivity contribution in [3.8, 4) is 5.75 Å². The minimum absolute atomic E-state index is 0.341. The molecule has 0 atom stereocenters. The summed E-state index contributed by atoms with van der Waals surface area (Å²) in [6.45, 7) is 2.05. The van der Waals surface area contributed by atoms with Gasteiger partial charge in [0, 0.05) is 10.8 Å². The van der Waals surface area contributed by atoms with Gasteiger partial charge >= 0.3 is 5.97 Å². The van der Waals surface area contributed by atoms with Crippen LogP contribution in [0.25, 0.3) is 32.3 Å². The second-order valence-corrected chi connectivity index (χ2v) is 7.05. The van der Waals surface area contributed by atoms with Crippen LogP contribution in [0.2, 0.25) is 0 Å². The molecule has 0 aliphatic rings. The third kappa shape index (κ3) is 2.71. The van der Waals surface area contributed by atoms with Crippen LogP contribution < -0.4 is 4.74 Å². The third-order valence-electron chi connectivity index (χ3n) is 5.23. The predicted octanol–water partition coefficient (Wildman–Crippen LogP) is 6.67. The van der Waals surface area contributed by atoms with Gasteiger partial charge in [-0.15, -0.1) is 0 Å². The van der Waals surface area contributed by atoms with E-state index >= 15 is 0 Å². The van der Waals surface area contributed by atoms with Crippen molar-refractivity contribution in [3.63, 3.8) is 0 Å². The fourth-order valence-corrected chi connectivity index (χ4v) is 3.83. The van der Waals surface area contributed by atoms with Gasteiger partial charge < -0.3 is 4.74 Å². The number of esters is 1. The lowest BCUT2D eigenvalue weighted by molar-refractivity contribution is 0.0739. The Hall–Kier alpha value is -3.65. The van der Waals surface area contributed by atoms with E-state index in [4.69, 9.17) is 4.74 Å². The summed E-state index contributed by atoms with van der Waals surface area (Å²) in [6, 6.07) is 30.0. The van der Waals surface area contributed by atoms with Crippen molar-refractivity contribution in [2.75, 3.05) is 0 Å². The summed E-state index contributed by atoms with van der Waals surface area (Å²) in [5, 5.41) is 6.18. The van der Waals surface area contributed by atoms with Crippen LogP contribution in [-0.4, -0.2) is 5.97 Å². The maximum absolute atomic E-state index is 13.0. The Bertz CT molecular complexity index is 1370. The molecule has 5 aromatic rings. The smallest absolute Gasteiger partial charge is 0.343 e. The number of carbonyl (C=O) groups is 1. The van der Waals surface area contributed by atoms with Crippen molar-refractivity contribution >= 4 is 38.3 Å². The summed E-state index contributed by atoms with van der Waals surface area (Å²) >= 11 is 0. The molecule has 0 aromatic heterocycles. The normalized spacial score (nSPS) is 11.2. The van der Waals surface area contributed by atoms with Crippen molar-refractivity contribution in [2.45, 2.75) is 6.92 Å². The van der Waals surface area contributed by atoms with Gasteiger partial charge in [-0.25, -0.2) is 4.79 Å². The van der Waals surface area contributed by atoms with Gasteiger partial charge in [0.1, 0.15) is 5.75 Å². The maximum Gasteiger partial charge on any atom is 0.343 e. The molecule has 0 radical (unpaired) electrons. The highest BCUT2D eigenvalue weighted by Gasteiger charge is 2.16. The molecule has 28 heavy (non-hydrogen) atoms. The molecule has 0 aliphatic carbocycles. The minimum atomic E-state index is -0.341. The Labute approximate surface area is 163 Å². The van der Waals surface area contributed by atoms with Crippen molar-refractivity contribution < 1.29 is 9.53 Å². The highest BCUT2D eigenvalue weighted by Crippen LogP contribution is 2.37. The lowest BCUT2D eigenvalue weighted by atomic mass is 9.99. The largest absolute Gasteiger partial charge is 0.422 e. The standard InChI is InChI=1S/C26H18O2/c1-17-7-6-11-21-16-20-10-4-5-12-23(20)25(24(17)21)28-26(27)22-14-13-18-8-2-3-9-19(18)15-22/h2-16H,1H3. The van der Waals surface area contributed by atoms with Gasteiger partial charge in [-0.2, -0.15) is 0 Å². The fraction of sp³-hybridized carbons (Fsp3) is 0.0385. The molecule has 0 unspecified atom stereocenters. The van der Waals surface area contributed by atoms with Crippen molar-refractivity contribution in [2.24, 2.45) is 0 Å². The molecule has 0 saturated carbocycles. The van der Waals surface area contributed by atoms with E-state index in [9.17, 15) is 4.79 Å². The zero-order valence-electron chi connectivity index (χ0n) is 15.5. The Morgan fingerprint density at radius 2 is 1.39 bits per heavy atom. The molecule has 0 amide bonds. The van der Waals surface area contributed by atoms with E-state index in [1.54, 1.807) is 0 Å². The Balaban J connectivity index is 1.68. The van der Waals surface area contributed by atoms with E-state index in [0.29, 0.717) is 11.3 Å². The molecule has 2 nitrogen and oxygen atoms in total. The molecular weight excluding hydrogens is 344 g/mol. The van der Waals surface area contributed by atoms with E-state index in [0.717, 1.165) is 37.9 Å². The van der Waals surface area contributed by atoms with E-state index in [2.05, 4.69) is 12.1 Å². The molecule has 2 heteroatoms. The van der Waals surface area contributed by atoms with E-state index in [1.165, 1.54) is 0 Å². The number of benzene rings is 5. The first-order valence-corrected chi connectivity index (χ1v) is 9.33. The number of rotatable bonds is 2. The number of fused-ring (bicyclic) bond motifs is 3. The molecule has 0 spiro atoms. The Morgan fingerprint density at radius 3 is 2.25 bits per heavy atom. The third-order valence-corrected chi connectivity index (χ3v) is 5.23. The van der Waals surface area contributed by atoms with Crippen LogP contribution in [0.15, 0.2) is 91.0 Å². The summed E-state index contributed by atoms with van der Waals surface area (Å²) in [5.41, 5.74) is 1.64. The van der Waals surface area contributed by atoms with Gasteiger partial charge in [-0.05, 0) is 52.2 Å². The molecule has 0 aliphatic heterocycles. The highest BCUT2D eigenvalue weighted by atomic mass is 16.5. The fourth-order valence-electron chi connectivity index (χ4n) is 3.83. The van der Waals surface area contributed by atoms with Gasteiger partial charge in [-0.3, -0.25) is 0 Å². The summed E-state index contributed by atoms with van der Waals surface area (Å²) in [6.07, 6.45) is 0. The highest BCUT2D eigenvalue weighted by molar-refractivity contribution is 6.09. The average Bonchev–Trinajstić information content (AvgIpc) is 2.73. The molecule has 5 rings (SSSR count). The topological polar surface area (TPSA) is 26.3 Å². The quantitative estimate of drug-likeness (QED) is 0.199. The van der Waals surface area contributed by atoms with Crippen LogP contribution in [0, 0.1) is 6.92 Å². The average molecular weight is 362 g/mol. The minimum Gasteiger partial charge on any atom is -0.422 e. The molecule has 0 fully saturated rings. The monoisotopic (exact) mass is 362 g/mol.